The summed E-state index contributed by atoms with van der Waals surface area (Å²) in [6.07, 6.45) is 1.01. The lowest BCUT2D eigenvalue weighted by molar-refractivity contribution is 0.264. The first-order chi connectivity index (χ1) is 8.30. The van der Waals surface area contributed by atoms with Crippen molar-refractivity contribution in [2.45, 2.75) is 11.8 Å². The molecule has 88 valence electrons. The second-order valence-corrected chi connectivity index (χ2v) is 5.01. The van der Waals surface area contributed by atoms with Gasteiger partial charge in [-0.15, -0.1) is 0 Å². The van der Waals surface area contributed by atoms with Crippen LogP contribution >= 0.6 is 0 Å². The number of fused-ring (bicyclic) bond motifs is 1. The Morgan fingerprint density at radius 3 is 2.59 bits per heavy atom. The van der Waals surface area contributed by atoms with Gasteiger partial charge in [0.15, 0.2) is 0 Å². The monoisotopic (exact) mass is 227 g/mol. The molecule has 0 amide bonds. The molecule has 0 aromatic heterocycles. The average molecular weight is 227 g/mol. The molecule has 1 saturated carbocycles. The van der Waals surface area contributed by atoms with E-state index in [1.807, 2.05) is 6.07 Å². The van der Waals surface area contributed by atoms with E-state index < -0.39 is 0 Å². The highest BCUT2D eigenvalue weighted by Gasteiger charge is 2.53. The summed E-state index contributed by atoms with van der Waals surface area (Å²) in [6.45, 7) is 0.862. The van der Waals surface area contributed by atoms with E-state index in [2.05, 4.69) is 36.4 Å². The van der Waals surface area contributed by atoms with E-state index in [0.29, 0.717) is 12.5 Å². The van der Waals surface area contributed by atoms with E-state index in [9.17, 15) is 5.11 Å². The van der Waals surface area contributed by atoms with Gasteiger partial charge in [-0.1, -0.05) is 42.5 Å². The molecule has 0 saturated heterocycles. The summed E-state index contributed by atoms with van der Waals surface area (Å²) in [7, 11) is 0. The van der Waals surface area contributed by atoms with Gasteiger partial charge < -0.3 is 10.8 Å². The van der Waals surface area contributed by atoms with Crippen LogP contribution in [0.5, 0.6) is 0 Å². The Hall–Kier alpha value is -1.38. The molecule has 0 radical (unpaired) electrons. The van der Waals surface area contributed by atoms with E-state index in [-0.39, 0.29) is 12.0 Å². The lowest BCUT2D eigenvalue weighted by atomic mass is 9.91. The molecule has 17 heavy (non-hydrogen) atoms. The fraction of sp³-hybridized carbons (Fsp3) is 0.333. The maximum atomic E-state index is 9.29. The van der Waals surface area contributed by atoms with Crippen LogP contribution in [0.25, 0.3) is 10.8 Å². The molecular formula is C15H17NO. The highest BCUT2D eigenvalue weighted by molar-refractivity contribution is 5.83. The van der Waals surface area contributed by atoms with Gasteiger partial charge in [0.1, 0.15) is 0 Å². The van der Waals surface area contributed by atoms with Crippen LogP contribution in [-0.2, 0) is 5.41 Å². The summed E-state index contributed by atoms with van der Waals surface area (Å²) in [4.78, 5) is 0. The van der Waals surface area contributed by atoms with Gasteiger partial charge in [-0.05, 0) is 28.7 Å². The van der Waals surface area contributed by atoms with Crippen LogP contribution in [0.1, 0.15) is 12.0 Å². The van der Waals surface area contributed by atoms with Crippen LogP contribution in [-0.4, -0.2) is 18.3 Å². The molecule has 3 N–H and O–H groups in total. The number of aliphatic hydroxyl groups excluding tert-OH is 1. The molecular weight excluding hydrogens is 210 g/mol. The number of benzene rings is 2. The fourth-order valence-electron chi connectivity index (χ4n) is 2.84. The van der Waals surface area contributed by atoms with Gasteiger partial charge in [-0.2, -0.15) is 0 Å². The molecule has 1 aliphatic rings. The Balaban J connectivity index is 2.07. The standard InChI is InChI=1S/C15H17NO/c16-10-15(8-14(15)9-17)13-6-5-11-3-1-2-4-12(11)7-13/h1-7,14,17H,8-10,16H2/t14-,15?/m1/s1. The van der Waals surface area contributed by atoms with Crippen LogP contribution in [0.3, 0.4) is 0 Å². The summed E-state index contributed by atoms with van der Waals surface area (Å²) in [6, 6.07) is 14.9. The van der Waals surface area contributed by atoms with Gasteiger partial charge in [0, 0.05) is 18.6 Å². The minimum atomic E-state index is 0.0266. The molecule has 3 rings (SSSR count). The van der Waals surface area contributed by atoms with E-state index in [4.69, 9.17) is 5.73 Å². The Bertz CT molecular complexity index is 551. The molecule has 2 heteroatoms. The van der Waals surface area contributed by atoms with Crippen LogP contribution in [0.15, 0.2) is 42.5 Å². The molecule has 1 fully saturated rings. The molecule has 0 spiro atoms. The zero-order chi connectivity index (χ0) is 11.9. The first kappa shape index (κ1) is 10.8. The zero-order valence-electron chi connectivity index (χ0n) is 9.76. The van der Waals surface area contributed by atoms with Crippen LogP contribution in [0, 0.1) is 5.92 Å². The van der Waals surface area contributed by atoms with Crippen molar-refractivity contribution in [2.24, 2.45) is 11.7 Å². The van der Waals surface area contributed by atoms with Gasteiger partial charge in [0.2, 0.25) is 0 Å². The van der Waals surface area contributed by atoms with Gasteiger partial charge in [0.05, 0.1) is 0 Å². The second kappa shape index (κ2) is 3.83. The molecule has 2 nitrogen and oxygen atoms in total. The van der Waals surface area contributed by atoms with Crippen LogP contribution in [0.2, 0.25) is 0 Å². The summed E-state index contributed by atoms with van der Waals surface area (Å²) >= 11 is 0. The van der Waals surface area contributed by atoms with Crippen LogP contribution < -0.4 is 5.73 Å². The predicted molar refractivity (Wildman–Crippen MR) is 69.9 cm³/mol. The molecule has 1 aliphatic carbocycles. The van der Waals surface area contributed by atoms with Crippen LogP contribution in [0.4, 0.5) is 0 Å². The minimum absolute atomic E-state index is 0.0266. The second-order valence-electron chi connectivity index (χ2n) is 5.01. The molecule has 2 aromatic rings. The molecule has 0 heterocycles. The highest BCUT2D eigenvalue weighted by Crippen LogP contribution is 2.53. The van der Waals surface area contributed by atoms with Gasteiger partial charge in [-0.3, -0.25) is 0 Å². The molecule has 1 unspecified atom stereocenters. The Morgan fingerprint density at radius 2 is 1.94 bits per heavy atom. The van der Waals surface area contributed by atoms with E-state index in [0.717, 1.165) is 6.42 Å². The number of aliphatic hydroxyl groups is 1. The third kappa shape index (κ3) is 1.56. The van der Waals surface area contributed by atoms with Gasteiger partial charge in [-0.25, -0.2) is 0 Å². The summed E-state index contributed by atoms with van der Waals surface area (Å²) < 4.78 is 0. The zero-order valence-corrected chi connectivity index (χ0v) is 9.76. The van der Waals surface area contributed by atoms with Crippen molar-refractivity contribution in [3.63, 3.8) is 0 Å². The first-order valence-electron chi connectivity index (χ1n) is 6.10. The number of rotatable bonds is 3. The third-order valence-electron chi connectivity index (χ3n) is 4.14. The SMILES string of the molecule is NCC1(c2ccc3ccccc3c2)C[C@@H]1CO. The van der Waals surface area contributed by atoms with E-state index in [1.165, 1.54) is 16.3 Å². The minimum Gasteiger partial charge on any atom is -0.396 e. The maximum absolute atomic E-state index is 9.29. The summed E-state index contributed by atoms with van der Waals surface area (Å²) in [5, 5.41) is 11.8. The fourth-order valence-corrected chi connectivity index (χ4v) is 2.84. The number of hydrogen-bond acceptors (Lipinski definition) is 2. The smallest absolute Gasteiger partial charge is 0.0468 e. The molecule has 2 aromatic carbocycles. The third-order valence-corrected chi connectivity index (χ3v) is 4.14. The average Bonchev–Trinajstić information content (AvgIpc) is 3.13. The molecule has 0 bridgehead atoms. The number of hydrogen-bond donors (Lipinski definition) is 2. The Kier molecular flexibility index (Phi) is 2.42. The van der Waals surface area contributed by atoms with Crippen molar-refractivity contribution in [2.75, 3.05) is 13.2 Å². The lowest BCUT2D eigenvalue weighted by Gasteiger charge is -2.15. The van der Waals surface area contributed by atoms with Gasteiger partial charge >= 0.3 is 0 Å². The normalized spacial score (nSPS) is 27.3. The largest absolute Gasteiger partial charge is 0.396 e. The van der Waals surface area contributed by atoms with Gasteiger partial charge in [0.25, 0.3) is 0 Å². The topological polar surface area (TPSA) is 46.2 Å². The number of nitrogens with two attached hydrogens (primary N) is 1. The van der Waals surface area contributed by atoms with Crippen molar-refractivity contribution in [3.8, 4) is 0 Å². The first-order valence-corrected chi connectivity index (χ1v) is 6.10. The Labute approximate surface area is 101 Å². The van der Waals surface area contributed by atoms with Crippen molar-refractivity contribution >= 4 is 10.8 Å². The van der Waals surface area contributed by atoms with E-state index in [1.54, 1.807) is 0 Å². The van der Waals surface area contributed by atoms with Crippen molar-refractivity contribution in [1.29, 1.82) is 0 Å². The molecule has 2 atom stereocenters. The Morgan fingerprint density at radius 1 is 1.18 bits per heavy atom. The summed E-state index contributed by atoms with van der Waals surface area (Å²) in [5.41, 5.74) is 7.20. The van der Waals surface area contributed by atoms with Crippen molar-refractivity contribution in [1.82, 2.24) is 0 Å². The maximum Gasteiger partial charge on any atom is 0.0468 e. The predicted octanol–water partition coefficient (Wildman–Crippen LogP) is 2.05. The molecule has 0 aliphatic heterocycles. The lowest BCUT2D eigenvalue weighted by Crippen LogP contribution is -2.23. The quantitative estimate of drug-likeness (QED) is 0.843. The van der Waals surface area contributed by atoms with E-state index >= 15 is 0 Å². The summed E-state index contributed by atoms with van der Waals surface area (Å²) in [5.74, 6) is 0.341. The van der Waals surface area contributed by atoms with Crippen molar-refractivity contribution < 1.29 is 5.11 Å². The van der Waals surface area contributed by atoms with Crippen molar-refractivity contribution in [3.05, 3.63) is 48.0 Å². The highest BCUT2D eigenvalue weighted by atomic mass is 16.3.